The summed E-state index contributed by atoms with van der Waals surface area (Å²) in [6.45, 7) is 8.30. The van der Waals surface area contributed by atoms with Crippen LogP contribution in [0.5, 0.6) is 0 Å². The van der Waals surface area contributed by atoms with Crippen molar-refractivity contribution >= 4 is 11.9 Å². The highest BCUT2D eigenvalue weighted by atomic mass is 16.7. The van der Waals surface area contributed by atoms with Crippen LogP contribution in [0, 0.1) is 0 Å². The van der Waals surface area contributed by atoms with Crippen LogP contribution in [0.4, 0.5) is 0 Å². The van der Waals surface area contributed by atoms with Crippen LogP contribution in [0.25, 0.3) is 0 Å². The number of hydrogen-bond donors (Lipinski definition) is 0. The van der Waals surface area contributed by atoms with E-state index in [1.165, 1.54) is 6.92 Å². The van der Waals surface area contributed by atoms with Crippen molar-refractivity contribution in [2.75, 3.05) is 13.2 Å². The van der Waals surface area contributed by atoms with Crippen LogP contribution in [0.2, 0.25) is 0 Å². The molecule has 0 unspecified atom stereocenters. The number of hydrogen-bond acceptors (Lipinski definition) is 6. The maximum Gasteiger partial charge on any atom is 0.346 e. The van der Waals surface area contributed by atoms with Gasteiger partial charge in [-0.25, -0.2) is 9.59 Å². The van der Waals surface area contributed by atoms with Crippen LogP contribution >= 0.6 is 0 Å². The lowest BCUT2D eigenvalue weighted by atomic mass is 10.2. The van der Waals surface area contributed by atoms with E-state index in [-0.39, 0.29) is 24.4 Å². The Kier molecular flexibility index (Phi) is 5.30. The molecule has 0 N–H and O–H groups in total. The van der Waals surface area contributed by atoms with E-state index in [9.17, 15) is 9.59 Å². The van der Waals surface area contributed by atoms with Crippen LogP contribution < -0.4 is 0 Å². The van der Waals surface area contributed by atoms with E-state index < -0.39 is 24.8 Å². The summed E-state index contributed by atoms with van der Waals surface area (Å²) in [5.41, 5.74) is 0.225. The Hall–Kier alpha value is -1.40. The van der Waals surface area contributed by atoms with Gasteiger partial charge in [-0.1, -0.05) is 6.58 Å². The molecule has 0 spiro atoms. The molecule has 6 heteroatoms. The van der Waals surface area contributed by atoms with Crippen molar-refractivity contribution < 1.29 is 28.5 Å². The highest BCUT2D eigenvalue weighted by Crippen LogP contribution is 2.15. The molecule has 0 aliphatic carbocycles. The van der Waals surface area contributed by atoms with Gasteiger partial charge in [-0.05, 0) is 20.8 Å². The van der Waals surface area contributed by atoms with Gasteiger partial charge in [0.2, 0.25) is 6.29 Å². The summed E-state index contributed by atoms with van der Waals surface area (Å²) in [5.74, 6) is -1.31. The SMILES string of the molecule is C=C(C)C(=O)OCC(=O)O[C@@H]1CO[C@H](C)[C@H](C)O1. The zero-order valence-corrected chi connectivity index (χ0v) is 10.8. The molecule has 0 aromatic rings. The average Bonchev–Trinajstić information content (AvgIpc) is 2.30. The van der Waals surface area contributed by atoms with Crippen molar-refractivity contribution in [1.29, 1.82) is 0 Å². The van der Waals surface area contributed by atoms with Crippen molar-refractivity contribution in [3.63, 3.8) is 0 Å². The molecule has 1 saturated heterocycles. The molecule has 18 heavy (non-hydrogen) atoms. The maximum absolute atomic E-state index is 11.4. The number of carbonyl (C=O) groups is 2. The molecule has 0 aromatic heterocycles. The number of rotatable bonds is 4. The molecule has 102 valence electrons. The minimum Gasteiger partial charge on any atom is -0.450 e. The van der Waals surface area contributed by atoms with Crippen molar-refractivity contribution in [3.05, 3.63) is 12.2 Å². The lowest BCUT2D eigenvalue weighted by Gasteiger charge is -2.32. The third-order valence-electron chi connectivity index (χ3n) is 2.46. The first-order valence-electron chi connectivity index (χ1n) is 5.69. The summed E-state index contributed by atoms with van der Waals surface area (Å²) < 4.78 is 20.3. The van der Waals surface area contributed by atoms with E-state index in [2.05, 4.69) is 11.3 Å². The van der Waals surface area contributed by atoms with E-state index >= 15 is 0 Å². The molecular formula is C12H18O6. The highest BCUT2D eigenvalue weighted by Gasteiger charge is 2.28. The highest BCUT2D eigenvalue weighted by molar-refractivity contribution is 5.88. The molecular weight excluding hydrogens is 240 g/mol. The second-order valence-electron chi connectivity index (χ2n) is 4.16. The summed E-state index contributed by atoms with van der Waals surface area (Å²) in [7, 11) is 0. The standard InChI is InChI=1S/C12H18O6/c1-7(2)12(14)16-5-10(13)18-11-6-15-8(3)9(4)17-11/h8-9,11H,1,5-6H2,2-4H3/t8-,9+,11-/m1/s1. The summed E-state index contributed by atoms with van der Waals surface area (Å²) >= 11 is 0. The van der Waals surface area contributed by atoms with Crippen molar-refractivity contribution in [2.45, 2.75) is 39.3 Å². The zero-order chi connectivity index (χ0) is 13.7. The Morgan fingerprint density at radius 3 is 2.56 bits per heavy atom. The fourth-order valence-corrected chi connectivity index (χ4v) is 1.25. The first-order valence-corrected chi connectivity index (χ1v) is 5.69. The second-order valence-corrected chi connectivity index (χ2v) is 4.16. The van der Waals surface area contributed by atoms with E-state index in [1.807, 2.05) is 13.8 Å². The minimum atomic E-state index is -0.757. The fourth-order valence-electron chi connectivity index (χ4n) is 1.25. The first kappa shape index (κ1) is 14.7. The Balaban J connectivity index is 2.28. The largest absolute Gasteiger partial charge is 0.450 e. The summed E-state index contributed by atoms with van der Waals surface area (Å²) in [6, 6.07) is 0. The number of esters is 2. The average molecular weight is 258 g/mol. The Bertz CT molecular complexity index is 337. The molecule has 1 aliphatic rings. The van der Waals surface area contributed by atoms with Crippen LogP contribution in [0.1, 0.15) is 20.8 Å². The fraction of sp³-hybridized carbons (Fsp3) is 0.667. The van der Waals surface area contributed by atoms with Crippen molar-refractivity contribution in [2.24, 2.45) is 0 Å². The smallest absolute Gasteiger partial charge is 0.346 e. The Morgan fingerprint density at radius 1 is 1.33 bits per heavy atom. The number of carbonyl (C=O) groups excluding carboxylic acids is 2. The van der Waals surface area contributed by atoms with Gasteiger partial charge in [-0.3, -0.25) is 0 Å². The Labute approximate surface area is 106 Å². The van der Waals surface area contributed by atoms with E-state index in [4.69, 9.17) is 14.2 Å². The van der Waals surface area contributed by atoms with Gasteiger partial charge in [0.25, 0.3) is 0 Å². The van der Waals surface area contributed by atoms with Gasteiger partial charge in [0.05, 0.1) is 12.2 Å². The molecule has 0 bridgehead atoms. The third kappa shape index (κ3) is 4.46. The van der Waals surface area contributed by atoms with E-state index in [0.717, 1.165) is 0 Å². The van der Waals surface area contributed by atoms with Crippen molar-refractivity contribution in [3.8, 4) is 0 Å². The molecule has 0 aromatic carbocycles. The molecule has 3 atom stereocenters. The Morgan fingerprint density at radius 2 is 2.00 bits per heavy atom. The van der Waals surface area contributed by atoms with Gasteiger partial charge in [0, 0.05) is 5.57 Å². The van der Waals surface area contributed by atoms with Crippen LogP contribution in [0.15, 0.2) is 12.2 Å². The predicted molar refractivity (Wildman–Crippen MR) is 61.6 cm³/mol. The lowest BCUT2D eigenvalue weighted by molar-refractivity contribution is -0.254. The van der Waals surface area contributed by atoms with Crippen LogP contribution in [-0.4, -0.2) is 43.7 Å². The molecule has 1 heterocycles. The summed E-state index contributed by atoms with van der Waals surface area (Å²) in [5, 5.41) is 0. The van der Waals surface area contributed by atoms with Crippen LogP contribution in [-0.2, 0) is 28.5 Å². The third-order valence-corrected chi connectivity index (χ3v) is 2.46. The quantitative estimate of drug-likeness (QED) is 0.548. The molecule has 6 nitrogen and oxygen atoms in total. The van der Waals surface area contributed by atoms with Gasteiger partial charge in [0.1, 0.15) is 6.61 Å². The molecule has 0 radical (unpaired) electrons. The normalized spacial score (nSPS) is 27.4. The van der Waals surface area contributed by atoms with E-state index in [1.54, 1.807) is 0 Å². The zero-order valence-electron chi connectivity index (χ0n) is 10.8. The van der Waals surface area contributed by atoms with E-state index in [0.29, 0.717) is 0 Å². The van der Waals surface area contributed by atoms with Gasteiger partial charge in [-0.15, -0.1) is 0 Å². The van der Waals surface area contributed by atoms with Gasteiger partial charge >= 0.3 is 11.9 Å². The first-order chi connectivity index (χ1) is 8.40. The summed E-state index contributed by atoms with van der Waals surface area (Å²) in [4.78, 5) is 22.4. The monoisotopic (exact) mass is 258 g/mol. The number of ether oxygens (including phenoxy) is 4. The molecule has 1 fully saturated rings. The van der Waals surface area contributed by atoms with Crippen LogP contribution in [0.3, 0.4) is 0 Å². The topological polar surface area (TPSA) is 71.1 Å². The molecule has 1 aliphatic heterocycles. The minimum absolute atomic E-state index is 0.0406. The molecule has 0 saturated carbocycles. The van der Waals surface area contributed by atoms with Crippen molar-refractivity contribution in [1.82, 2.24) is 0 Å². The molecule has 1 rings (SSSR count). The summed E-state index contributed by atoms with van der Waals surface area (Å²) in [6.07, 6.45) is -0.956. The lowest BCUT2D eigenvalue weighted by Crippen LogP contribution is -2.42. The van der Waals surface area contributed by atoms with Gasteiger partial charge < -0.3 is 18.9 Å². The van der Waals surface area contributed by atoms with Gasteiger partial charge in [0.15, 0.2) is 6.61 Å². The predicted octanol–water partition coefficient (Wildman–Crippen LogP) is 0.799. The molecule has 0 amide bonds. The maximum atomic E-state index is 11.4. The van der Waals surface area contributed by atoms with Gasteiger partial charge in [-0.2, -0.15) is 0 Å². The second kappa shape index (κ2) is 6.51.